The zero-order valence-electron chi connectivity index (χ0n) is 14.3. The fourth-order valence-electron chi connectivity index (χ4n) is 3.31. The van der Waals surface area contributed by atoms with Gasteiger partial charge in [0, 0.05) is 0 Å². The number of carbonyl (C=O) groups is 2. The van der Waals surface area contributed by atoms with Gasteiger partial charge in [-0.25, -0.2) is 0 Å². The third kappa shape index (κ3) is 5.96. The summed E-state index contributed by atoms with van der Waals surface area (Å²) < 4.78 is 5.25. The molecule has 1 saturated carbocycles. The minimum absolute atomic E-state index is 0.00345. The first kappa shape index (κ1) is 18.5. The van der Waals surface area contributed by atoms with Crippen LogP contribution in [0.4, 0.5) is 0 Å². The van der Waals surface area contributed by atoms with Crippen molar-refractivity contribution in [3.63, 3.8) is 0 Å². The molecule has 0 aliphatic heterocycles. The van der Waals surface area contributed by atoms with E-state index in [2.05, 4.69) is 0 Å². The van der Waals surface area contributed by atoms with Crippen LogP contribution < -0.4 is 0 Å². The standard InChI is InChI=1S/C19H27NO4/c1-20(13-18(21)24-14-16-10-6-3-7-11-16)17(19(22)23)12-15-8-4-2-5-9-15/h3,6-7,10-11,15,17H,2,4-5,8-9,12-14H2,1H3,(H,22,23)/t17-/m1/s1. The third-order valence-electron chi connectivity index (χ3n) is 4.72. The first-order valence-electron chi connectivity index (χ1n) is 8.69. The maximum absolute atomic E-state index is 12.0. The van der Waals surface area contributed by atoms with Crippen LogP contribution in [0.2, 0.25) is 0 Å². The van der Waals surface area contributed by atoms with E-state index < -0.39 is 18.0 Å². The Morgan fingerprint density at radius 2 is 1.88 bits per heavy atom. The molecule has 2 rings (SSSR count). The largest absolute Gasteiger partial charge is 0.480 e. The molecule has 0 radical (unpaired) electrons. The average Bonchev–Trinajstić information content (AvgIpc) is 2.59. The predicted molar refractivity (Wildman–Crippen MR) is 91.5 cm³/mol. The normalized spacial score (nSPS) is 16.8. The lowest BCUT2D eigenvalue weighted by Gasteiger charge is -2.29. The summed E-state index contributed by atoms with van der Waals surface area (Å²) >= 11 is 0. The monoisotopic (exact) mass is 333 g/mol. The maximum Gasteiger partial charge on any atom is 0.320 e. The Morgan fingerprint density at radius 1 is 1.21 bits per heavy atom. The van der Waals surface area contributed by atoms with Crippen molar-refractivity contribution >= 4 is 11.9 Å². The molecule has 1 N–H and O–H groups in total. The molecule has 1 aromatic rings. The lowest BCUT2D eigenvalue weighted by atomic mass is 9.84. The molecule has 0 spiro atoms. The molecule has 0 heterocycles. The Balaban J connectivity index is 1.81. The second-order valence-corrected chi connectivity index (χ2v) is 6.66. The molecule has 0 saturated heterocycles. The van der Waals surface area contributed by atoms with Crippen LogP contribution >= 0.6 is 0 Å². The lowest BCUT2D eigenvalue weighted by molar-refractivity contribution is -0.150. The number of nitrogens with zero attached hydrogens (tertiary/aromatic N) is 1. The number of rotatable bonds is 8. The highest BCUT2D eigenvalue weighted by Crippen LogP contribution is 2.28. The van der Waals surface area contributed by atoms with Gasteiger partial charge in [-0.1, -0.05) is 62.4 Å². The fraction of sp³-hybridized carbons (Fsp3) is 0.579. The van der Waals surface area contributed by atoms with Crippen LogP contribution in [0.25, 0.3) is 0 Å². The predicted octanol–water partition coefficient (Wildman–Crippen LogP) is 3.09. The van der Waals surface area contributed by atoms with Gasteiger partial charge in [-0.3, -0.25) is 14.5 Å². The Kier molecular flexibility index (Phi) is 7.25. The summed E-state index contributed by atoms with van der Waals surface area (Å²) in [5.41, 5.74) is 0.922. The summed E-state index contributed by atoms with van der Waals surface area (Å²) in [5, 5.41) is 9.50. The number of hydrogen-bond acceptors (Lipinski definition) is 4. The van der Waals surface area contributed by atoms with Crippen molar-refractivity contribution in [2.75, 3.05) is 13.6 Å². The molecular weight excluding hydrogens is 306 g/mol. The summed E-state index contributed by atoms with van der Waals surface area (Å²) in [5.74, 6) is -0.808. The third-order valence-corrected chi connectivity index (χ3v) is 4.72. The van der Waals surface area contributed by atoms with E-state index in [9.17, 15) is 14.7 Å². The molecule has 0 amide bonds. The average molecular weight is 333 g/mol. The number of carboxylic acid groups (broad SMARTS) is 1. The number of benzene rings is 1. The molecule has 0 bridgehead atoms. The molecule has 5 heteroatoms. The van der Waals surface area contributed by atoms with Gasteiger partial charge in [0.15, 0.2) is 0 Å². The van der Waals surface area contributed by atoms with E-state index in [0.29, 0.717) is 12.3 Å². The molecule has 1 aliphatic rings. The number of ether oxygens (including phenoxy) is 1. The molecule has 24 heavy (non-hydrogen) atoms. The fourth-order valence-corrected chi connectivity index (χ4v) is 3.31. The van der Waals surface area contributed by atoms with Crippen molar-refractivity contribution in [1.29, 1.82) is 0 Å². The Morgan fingerprint density at radius 3 is 2.50 bits per heavy atom. The van der Waals surface area contributed by atoms with Crippen molar-refractivity contribution in [3.05, 3.63) is 35.9 Å². The molecule has 1 atom stereocenters. The van der Waals surface area contributed by atoms with Crippen LogP contribution in [0.5, 0.6) is 0 Å². The van der Waals surface area contributed by atoms with Gasteiger partial charge in [-0.05, 0) is 24.9 Å². The topological polar surface area (TPSA) is 66.8 Å². The van der Waals surface area contributed by atoms with Gasteiger partial charge in [0.2, 0.25) is 0 Å². The van der Waals surface area contributed by atoms with E-state index in [1.807, 2.05) is 30.3 Å². The number of carbonyl (C=O) groups excluding carboxylic acids is 1. The highest BCUT2D eigenvalue weighted by Gasteiger charge is 2.28. The lowest BCUT2D eigenvalue weighted by Crippen LogP contribution is -2.43. The van der Waals surface area contributed by atoms with E-state index in [4.69, 9.17) is 4.74 Å². The van der Waals surface area contributed by atoms with Crippen LogP contribution in [0, 0.1) is 5.92 Å². The summed E-state index contributed by atoms with van der Waals surface area (Å²) in [6.07, 6.45) is 6.40. The molecule has 132 valence electrons. The molecule has 1 aromatic carbocycles. The van der Waals surface area contributed by atoms with Gasteiger partial charge in [-0.2, -0.15) is 0 Å². The molecule has 1 aliphatic carbocycles. The van der Waals surface area contributed by atoms with Gasteiger partial charge in [0.25, 0.3) is 0 Å². The SMILES string of the molecule is CN(CC(=O)OCc1ccccc1)[C@H](CC1CCCCC1)C(=O)O. The van der Waals surface area contributed by atoms with Gasteiger partial charge in [0.1, 0.15) is 12.6 Å². The van der Waals surface area contributed by atoms with Crippen molar-refractivity contribution in [2.24, 2.45) is 5.92 Å². The Hall–Kier alpha value is -1.88. The summed E-state index contributed by atoms with van der Waals surface area (Å²) in [4.78, 5) is 25.2. The minimum atomic E-state index is -0.862. The van der Waals surface area contributed by atoms with E-state index >= 15 is 0 Å². The molecule has 5 nitrogen and oxygen atoms in total. The van der Waals surface area contributed by atoms with Gasteiger partial charge >= 0.3 is 11.9 Å². The Labute approximate surface area is 143 Å². The van der Waals surface area contributed by atoms with E-state index in [-0.39, 0.29) is 13.2 Å². The smallest absolute Gasteiger partial charge is 0.320 e. The second kappa shape index (κ2) is 9.42. The van der Waals surface area contributed by atoms with Crippen molar-refractivity contribution < 1.29 is 19.4 Å². The summed E-state index contributed by atoms with van der Waals surface area (Å²) in [6, 6.07) is 8.83. The number of hydrogen-bond donors (Lipinski definition) is 1. The Bertz CT molecular complexity index is 525. The molecular formula is C19H27NO4. The number of likely N-dealkylation sites (N-methyl/N-ethyl adjacent to an activating group) is 1. The van der Waals surface area contributed by atoms with Crippen molar-refractivity contribution in [1.82, 2.24) is 4.90 Å². The quantitative estimate of drug-likeness (QED) is 0.741. The zero-order chi connectivity index (χ0) is 17.4. The van der Waals surface area contributed by atoms with Crippen LogP contribution in [-0.4, -0.2) is 41.6 Å². The first-order valence-corrected chi connectivity index (χ1v) is 8.69. The summed E-state index contributed by atoms with van der Waals surface area (Å²) in [6.45, 7) is 0.213. The van der Waals surface area contributed by atoms with Crippen LogP contribution in [0.1, 0.15) is 44.1 Å². The minimum Gasteiger partial charge on any atom is -0.480 e. The highest BCUT2D eigenvalue weighted by atomic mass is 16.5. The van der Waals surface area contributed by atoms with E-state index in [1.54, 1.807) is 11.9 Å². The number of aliphatic carboxylic acids is 1. The van der Waals surface area contributed by atoms with Crippen LogP contribution in [-0.2, 0) is 20.9 Å². The summed E-state index contributed by atoms with van der Waals surface area (Å²) in [7, 11) is 1.69. The molecule has 1 fully saturated rings. The van der Waals surface area contributed by atoms with Crippen LogP contribution in [0.15, 0.2) is 30.3 Å². The van der Waals surface area contributed by atoms with Gasteiger partial charge < -0.3 is 9.84 Å². The highest BCUT2D eigenvalue weighted by molar-refractivity contribution is 5.76. The second-order valence-electron chi connectivity index (χ2n) is 6.66. The van der Waals surface area contributed by atoms with Gasteiger partial charge in [0.05, 0.1) is 6.54 Å². The molecule has 0 aromatic heterocycles. The molecule has 0 unspecified atom stereocenters. The number of carboxylic acids is 1. The van der Waals surface area contributed by atoms with E-state index in [0.717, 1.165) is 18.4 Å². The zero-order valence-corrected chi connectivity index (χ0v) is 14.3. The van der Waals surface area contributed by atoms with Crippen molar-refractivity contribution in [3.8, 4) is 0 Å². The number of esters is 1. The van der Waals surface area contributed by atoms with Crippen molar-refractivity contribution in [2.45, 2.75) is 51.2 Å². The van der Waals surface area contributed by atoms with Gasteiger partial charge in [-0.15, -0.1) is 0 Å². The van der Waals surface area contributed by atoms with Crippen LogP contribution in [0.3, 0.4) is 0 Å². The van der Waals surface area contributed by atoms with E-state index in [1.165, 1.54) is 19.3 Å². The maximum atomic E-state index is 12.0. The first-order chi connectivity index (χ1) is 11.6.